The number of hydrogen-bond donors (Lipinski definition) is 2. The molecule has 1 amide bonds. The van der Waals surface area contributed by atoms with Crippen LogP contribution in [0.1, 0.15) is 16.7 Å². The molecule has 0 radical (unpaired) electrons. The van der Waals surface area contributed by atoms with Gasteiger partial charge in [-0.05, 0) is 60.0 Å². The van der Waals surface area contributed by atoms with Crippen molar-refractivity contribution in [3.63, 3.8) is 0 Å². The first-order valence-electron chi connectivity index (χ1n) is 10.7. The summed E-state index contributed by atoms with van der Waals surface area (Å²) in [5, 5.41) is 2.26. The van der Waals surface area contributed by atoms with Gasteiger partial charge in [-0.2, -0.15) is 0 Å². The first-order chi connectivity index (χ1) is 15.7. The number of carbonyl (C=O) groups is 1. The fourth-order valence-electron chi connectivity index (χ4n) is 4.16. The Hall–Kier alpha value is -3.99. The molecule has 0 spiro atoms. The zero-order valence-electron chi connectivity index (χ0n) is 18.0. The Morgan fingerprint density at radius 1 is 0.812 bits per heavy atom. The fourth-order valence-corrected chi connectivity index (χ4v) is 4.16. The van der Waals surface area contributed by atoms with Crippen LogP contribution in [0.25, 0.3) is 21.8 Å². The minimum atomic E-state index is -0.0495. The Morgan fingerprint density at radius 3 is 2.00 bits per heavy atom. The number of aromatic nitrogens is 2. The van der Waals surface area contributed by atoms with E-state index < -0.39 is 0 Å². The molecule has 0 atom stereocenters. The third kappa shape index (κ3) is 4.10. The highest BCUT2D eigenvalue weighted by atomic mass is 16.5. The predicted molar refractivity (Wildman–Crippen MR) is 128 cm³/mol. The number of aryl methyl sites for hydroxylation is 1. The van der Waals surface area contributed by atoms with Gasteiger partial charge in [0.2, 0.25) is 0 Å². The summed E-state index contributed by atoms with van der Waals surface area (Å²) < 4.78 is 5.85. The lowest BCUT2D eigenvalue weighted by molar-refractivity contribution is -0.134. The number of H-pyrrole nitrogens is 2. The lowest BCUT2D eigenvalue weighted by atomic mass is 10.1. The van der Waals surface area contributed by atoms with E-state index in [9.17, 15) is 4.79 Å². The highest BCUT2D eigenvalue weighted by molar-refractivity contribution is 5.85. The van der Waals surface area contributed by atoms with E-state index in [0.717, 1.165) is 38.5 Å². The quantitative estimate of drug-likeness (QED) is 0.360. The zero-order valence-corrected chi connectivity index (χ0v) is 18.0. The highest BCUT2D eigenvalue weighted by Gasteiger charge is 2.18. The molecule has 0 aliphatic rings. The average Bonchev–Trinajstić information content (AvgIpc) is 3.47. The summed E-state index contributed by atoms with van der Waals surface area (Å²) in [5.41, 5.74) is 5.45. The molecule has 2 N–H and O–H groups in total. The van der Waals surface area contributed by atoms with Crippen LogP contribution >= 0.6 is 0 Å². The van der Waals surface area contributed by atoms with Crippen molar-refractivity contribution >= 4 is 27.7 Å². The molecule has 2 aromatic heterocycles. The maximum absolute atomic E-state index is 13.3. The molecule has 3 aromatic carbocycles. The molecule has 0 bridgehead atoms. The number of carbonyl (C=O) groups excluding carboxylic acids is 1. The first kappa shape index (κ1) is 19.9. The first-order valence-corrected chi connectivity index (χ1v) is 10.7. The van der Waals surface area contributed by atoms with E-state index in [-0.39, 0.29) is 12.5 Å². The smallest absolute Gasteiger partial charge is 0.261 e. The van der Waals surface area contributed by atoms with E-state index in [1.165, 1.54) is 0 Å². The monoisotopic (exact) mass is 423 g/mol. The molecule has 0 saturated heterocycles. The summed E-state index contributed by atoms with van der Waals surface area (Å²) >= 11 is 0. The third-order valence-electron chi connectivity index (χ3n) is 5.80. The van der Waals surface area contributed by atoms with Gasteiger partial charge in [0.05, 0.1) is 0 Å². The van der Waals surface area contributed by atoms with Crippen molar-refractivity contribution < 1.29 is 9.53 Å². The number of amides is 1. The van der Waals surface area contributed by atoms with Gasteiger partial charge in [0.25, 0.3) is 5.91 Å². The van der Waals surface area contributed by atoms with Crippen molar-refractivity contribution in [2.75, 3.05) is 6.61 Å². The highest BCUT2D eigenvalue weighted by Crippen LogP contribution is 2.23. The van der Waals surface area contributed by atoms with Crippen LogP contribution in [0.15, 0.2) is 85.2 Å². The number of rotatable bonds is 7. The van der Waals surface area contributed by atoms with Crippen molar-refractivity contribution in [3.8, 4) is 5.75 Å². The van der Waals surface area contributed by atoms with Gasteiger partial charge < -0.3 is 19.6 Å². The van der Waals surface area contributed by atoms with Gasteiger partial charge in [-0.1, -0.05) is 36.4 Å². The normalized spacial score (nSPS) is 11.2. The standard InChI is InChI=1S/C27H25N3O2/c1-19-5-2-8-22(15-19)32-18-27(31)30(16-20-6-3-9-25-23(20)11-13-28-25)17-21-7-4-10-26-24(21)12-14-29-26/h2-15,28-29H,16-18H2,1H3. The van der Waals surface area contributed by atoms with Gasteiger partial charge in [0.1, 0.15) is 5.75 Å². The molecular formula is C27H25N3O2. The van der Waals surface area contributed by atoms with Crippen LogP contribution in [-0.4, -0.2) is 27.4 Å². The molecule has 0 unspecified atom stereocenters. The summed E-state index contributed by atoms with van der Waals surface area (Å²) in [6, 6.07) is 24.2. The number of benzene rings is 3. The maximum Gasteiger partial charge on any atom is 0.261 e. The minimum absolute atomic E-state index is 0.00429. The van der Waals surface area contributed by atoms with Crippen molar-refractivity contribution in [3.05, 3.63) is 102 Å². The molecule has 0 aliphatic carbocycles. The summed E-state index contributed by atoms with van der Waals surface area (Å²) in [6.07, 6.45) is 3.86. The van der Waals surface area contributed by atoms with Crippen LogP contribution < -0.4 is 4.74 Å². The van der Waals surface area contributed by atoms with Crippen LogP contribution in [-0.2, 0) is 17.9 Å². The van der Waals surface area contributed by atoms with Gasteiger partial charge in [-0.25, -0.2) is 0 Å². The molecule has 0 fully saturated rings. The van der Waals surface area contributed by atoms with Gasteiger partial charge >= 0.3 is 0 Å². The van der Waals surface area contributed by atoms with Gasteiger partial charge in [0, 0.05) is 47.3 Å². The maximum atomic E-state index is 13.3. The second kappa shape index (κ2) is 8.63. The van der Waals surface area contributed by atoms with Crippen molar-refractivity contribution in [1.29, 1.82) is 0 Å². The topological polar surface area (TPSA) is 61.1 Å². The molecule has 0 aliphatic heterocycles. The molecule has 5 nitrogen and oxygen atoms in total. The third-order valence-corrected chi connectivity index (χ3v) is 5.80. The lowest BCUT2D eigenvalue weighted by Crippen LogP contribution is -2.34. The van der Waals surface area contributed by atoms with Crippen LogP contribution in [0.4, 0.5) is 0 Å². The van der Waals surface area contributed by atoms with Crippen LogP contribution in [0, 0.1) is 6.92 Å². The molecule has 5 heteroatoms. The van der Waals surface area contributed by atoms with Gasteiger partial charge in [-0.15, -0.1) is 0 Å². The number of hydrogen-bond acceptors (Lipinski definition) is 2. The molecular weight excluding hydrogens is 398 g/mol. The summed E-state index contributed by atoms with van der Waals surface area (Å²) in [4.78, 5) is 21.7. The van der Waals surface area contributed by atoms with Crippen LogP contribution in [0.3, 0.4) is 0 Å². The second-order valence-corrected chi connectivity index (χ2v) is 8.07. The number of fused-ring (bicyclic) bond motifs is 2. The Labute approximate surface area is 186 Å². The van der Waals surface area contributed by atoms with Crippen molar-refractivity contribution in [2.45, 2.75) is 20.0 Å². The Bertz CT molecular complexity index is 1310. The summed E-state index contributed by atoms with van der Waals surface area (Å²) in [5.74, 6) is 0.658. The second-order valence-electron chi connectivity index (χ2n) is 8.07. The van der Waals surface area contributed by atoms with E-state index in [2.05, 4.69) is 34.2 Å². The number of nitrogens with one attached hydrogen (secondary N) is 2. The van der Waals surface area contributed by atoms with Crippen LogP contribution in [0.5, 0.6) is 5.75 Å². The van der Waals surface area contributed by atoms with Gasteiger partial charge in [0.15, 0.2) is 6.61 Å². The van der Waals surface area contributed by atoms with E-state index >= 15 is 0 Å². The van der Waals surface area contributed by atoms with Gasteiger partial charge in [-0.3, -0.25) is 4.79 Å². The molecule has 0 saturated carbocycles. The zero-order chi connectivity index (χ0) is 21.9. The van der Waals surface area contributed by atoms with Crippen molar-refractivity contribution in [1.82, 2.24) is 14.9 Å². The SMILES string of the molecule is Cc1cccc(OCC(=O)N(Cc2cccc3[nH]ccc23)Cc2cccc3[nH]ccc23)c1. The summed E-state index contributed by atoms with van der Waals surface area (Å²) in [7, 11) is 0. The average molecular weight is 424 g/mol. The summed E-state index contributed by atoms with van der Waals surface area (Å²) in [6.45, 7) is 3.02. The van der Waals surface area contributed by atoms with E-state index in [1.807, 2.05) is 72.7 Å². The Morgan fingerprint density at radius 2 is 1.41 bits per heavy atom. The molecule has 160 valence electrons. The lowest BCUT2D eigenvalue weighted by Gasteiger charge is -2.24. The molecule has 5 rings (SSSR count). The van der Waals surface area contributed by atoms with E-state index in [0.29, 0.717) is 18.8 Å². The largest absolute Gasteiger partial charge is 0.484 e. The van der Waals surface area contributed by atoms with E-state index in [4.69, 9.17) is 4.74 Å². The van der Waals surface area contributed by atoms with Crippen LogP contribution in [0.2, 0.25) is 0 Å². The number of aromatic amines is 2. The fraction of sp³-hybridized carbons (Fsp3) is 0.148. The van der Waals surface area contributed by atoms with E-state index in [1.54, 1.807) is 0 Å². The number of ether oxygens (including phenoxy) is 1. The predicted octanol–water partition coefficient (Wildman–Crippen LogP) is 5.57. The Balaban J connectivity index is 1.43. The van der Waals surface area contributed by atoms with Crippen molar-refractivity contribution in [2.24, 2.45) is 0 Å². The minimum Gasteiger partial charge on any atom is -0.484 e. The number of nitrogens with zero attached hydrogens (tertiary/aromatic N) is 1. The molecule has 2 heterocycles. The Kier molecular flexibility index (Phi) is 5.38. The molecule has 32 heavy (non-hydrogen) atoms. The molecule has 5 aromatic rings.